The highest BCUT2D eigenvalue weighted by Gasteiger charge is 2.12. The molecule has 92 valence electrons. The summed E-state index contributed by atoms with van der Waals surface area (Å²) in [5.41, 5.74) is 2.08. The molecule has 18 heavy (non-hydrogen) atoms. The van der Waals surface area contributed by atoms with Gasteiger partial charge in [-0.25, -0.2) is 9.97 Å². The van der Waals surface area contributed by atoms with E-state index in [2.05, 4.69) is 15.3 Å². The van der Waals surface area contributed by atoms with E-state index in [4.69, 9.17) is 0 Å². The van der Waals surface area contributed by atoms with Gasteiger partial charge in [0.25, 0.3) is 5.69 Å². The largest absolute Gasteiger partial charge is 0.357 e. The number of nitro groups is 1. The molecule has 2 aromatic rings. The van der Waals surface area contributed by atoms with Gasteiger partial charge in [0.15, 0.2) is 0 Å². The summed E-state index contributed by atoms with van der Waals surface area (Å²) in [4.78, 5) is 18.7. The van der Waals surface area contributed by atoms with Crippen molar-refractivity contribution in [3.05, 3.63) is 46.1 Å². The first kappa shape index (κ1) is 12.0. The van der Waals surface area contributed by atoms with E-state index in [1.165, 1.54) is 6.07 Å². The Morgan fingerprint density at radius 1 is 1.33 bits per heavy atom. The average Bonchev–Trinajstić information content (AvgIpc) is 2.39. The Hall–Kier alpha value is -2.50. The number of nitrogens with one attached hydrogen (secondary N) is 1. The second-order valence-corrected chi connectivity index (χ2v) is 3.77. The van der Waals surface area contributed by atoms with Crippen molar-refractivity contribution in [2.45, 2.75) is 6.92 Å². The quantitative estimate of drug-likeness (QED) is 0.662. The van der Waals surface area contributed by atoms with Gasteiger partial charge in [0, 0.05) is 30.4 Å². The van der Waals surface area contributed by atoms with Crippen LogP contribution in [0.4, 0.5) is 11.6 Å². The SMILES string of the molecule is CNc1nccc(-c2ccc(C)c([N+](=O)[O-])c2)n1. The van der Waals surface area contributed by atoms with E-state index in [1.807, 2.05) is 6.07 Å². The van der Waals surface area contributed by atoms with Crippen LogP contribution in [0.1, 0.15) is 5.56 Å². The standard InChI is InChI=1S/C12H12N4O2/c1-8-3-4-9(7-11(8)16(17)18)10-5-6-14-12(13-2)15-10/h3-7H,1-2H3,(H,13,14,15). The van der Waals surface area contributed by atoms with Crippen molar-refractivity contribution in [2.24, 2.45) is 0 Å². The van der Waals surface area contributed by atoms with Crippen LogP contribution < -0.4 is 5.32 Å². The summed E-state index contributed by atoms with van der Waals surface area (Å²) >= 11 is 0. The summed E-state index contributed by atoms with van der Waals surface area (Å²) in [5.74, 6) is 0.482. The van der Waals surface area contributed by atoms with Gasteiger partial charge in [0.2, 0.25) is 5.95 Å². The van der Waals surface area contributed by atoms with Crippen LogP contribution in [0.25, 0.3) is 11.3 Å². The van der Waals surface area contributed by atoms with Crippen LogP contribution in [-0.4, -0.2) is 21.9 Å². The fourth-order valence-corrected chi connectivity index (χ4v) is 1.61. The first-order chi connectivity index (χ1) is 8.61. The smallest absolute Gasteiger partial charge is 0.272 e. The Morgan fingerprint density at radius 3 is 2.78 bits per heavy atom. The van der Waals surface area contributed by atoms with Gasteiger partial charge in [0.1, 0.15) is 0 Å². The van der Waals surface area contributed by atoms with E-state index >= 15 is 0 Å². The van der Waals surface area contributed by atoms with E-state index in [0.717, 1.165) is 0 Å². The molecule has 0 spiro atoms. The number of nitro benzene ring substituents is 1. The van der Waals surface area contributed by atoms with Gasteiger partial charge in [0.05, 0.1) is 10.6 Å². The zero-order chi connectivity index (χ0) is 13.1. The van der Waals surface area contributed by atoms with Gasteiger partial charge in [-0.2, -0.15) is 0 Å². The van der Waals surface area contributed by atoms with Crippen LogP contribution >= 0.6 is 0 Å². The molecule has 0 fully saturated rings. The van der Waals surface area contributed by atoms with Crippen LogP contribution in [0, 0.1) is 17.0 Å². The summed E-state index contributed by atoms with van der Waals surface area (Å²) in [7, 11) is 1.72. The Kier molecular flexibility index (Phi) is 3.18. The summed E-state index contributed by atoms with van der Waals surface area (Å²) in [6.45, 7) is 1.71. The maximum absolute atomic E-state index is 10.9. The van der Waals surface area contributed by atoms with E-state index in [9.17, 15) is 10.1 Å². The van der Waals surface area contributed by atoms with Gasteiger partial charge in [-0.15, -0.1) is 0 Å². The van der Waals surface area contributed by atoms with Gasteiger partial charge in [-0.1, -0.05) is 12.1 Å². The molecule has 0 saturated heterocycles. The van der Waals surface area contributed by atoms with E-state index in [0.29, 0.717) is 22.8 Å². The minimum atomic E-state index is -0.390. The predicted octanol–water partition coefficient (Wildman–Crippen LogP) is 2.40. The third-order valence-corrected chi connectivity index (χ3v) is 2.58. The lowest BCUT2D eigenvalue weighted by atomic mass is 10.1. The van der Waals surface area contributed by atoms with Gasteiger partial charge < -0.3 is 5.32 Å². The summed E-state index contributed by atoms with van der Waals surface area (Å²) in [5, 5.41) is 13.7. The fourth-order valence-electron chi connectivity index (χ4n) is 1.61. The highest BCUT2D eigenvalue weighted by Crippen LogP contribution is 2.25. The number of nitrogens with zero attached hydrogens (tertiary/aromatic N) is 3. The zero-order valence-electron chi connectivity index (χ0n) is 10.0. The molecule has 0 aliphatic carbocycles. The van der Waals surface area contributed by atoms with E-state index in [1.54, 1.807) is 32.3 Å². The highest BCUT2D eigenvalue weighted by atomic mass is 16.6. The molecule has 0 bridgehead atoms. The molecule has 6 heteroatoms. The van der Waals surface area contributed by atoms with Gasteiger partial charge in [-0.3, -0.25) is 10.1 Å². The van der Waals surface area contributed by atoms with Crippen LogP contribution in [0.2, 0.25) is 0 Å². The Labute approximate surface area is 104 Å². The number of benzene rings is 1. The van der Waals surface area contributed by atoms with Crippen LogP contribution in [0.3, 0.4) is 0 Å². The molecule has 0 unspecified atom stereocenters. The van der Waals surface area contributed by atoms with Crippen molar-refractivity contribution in [1.82, 2.24) is 9.97 Å². The normalized spacial score (nSPS) is 10.1. The number of rotatable bonds is 3. The lowest BCUT2D eigenvalue weighted by molar-refractivity contribution is -0.385. The molecule has 0 aliphatic rings. The van der Waals surface area contributed by atoms with Crippen LogP contribution in [0.15, 0.2) is 30.5 Å². The molecule has 1 heterocycles. The Bertz CT molecular complexity index is 598. The second-order valence-electron chi connectivity index (χ2n) is 3.77. The minimum absolute atomic E-state index is 0.0946. The molecule has 6 nitrogen and oxygen atoms in total. The molecule has 0 saturated carbocycles. The Balaban J connectivity index is 2.50. The van der Waals surface area contributed by atoms with E-state index in [-0.39, 0.29) is 10.6 Å². The van der Waals surface area contributed by atoms with Crippen molar-refractivity contribution in [3.63, 3.8) is 0 Å². The monoisotopic (exact) mass is 244 g/mol. The first-order valence-corrected chi connectivity index (χ1v) is 5.38. The maximum atomic E-state index is 10.9. The first-order valence-electron chi connectivity index (χ1n) is 5.38. The molecule has 1 N–H and O–H groups in total. The van der Waals surface area contributed by atoms with E-state index < -0.39 is 0 Å². The second kappa shape index (κ2) is 4.79. The van der Waals surface area contributed by atoms with Gasteiger partial charge in [-0.05, 0) is 13.0 Å². The summed E-state index contributed by atoms with van der Waals surface area (Å²) in [6, 6.07) is 6.77. The summed E-state index contributed by atoms with van der Waals surface area (Å²) < 4.78 is 0. The van der Waals surface area contributed by atoms with Crippen molar-refractivity contribution in [2.75, 3.05) is 12.4 Å². The number of hydrogen-bond acceptors (Lipinski definition) is 5. The molecule has 0 atom stereocenters. The molecular weight excluding hydrogens is 232 g/mol. The molecule has 0 aliphatic heterocycles. The predicted molar refractivity (Wildman–Crippen MR) is 68.4 cm³/mol. The highest BCUT2D eigenvalue weighted by molar-refractivity contribution is 5.64. The molecule has 2 rings (SSSR count). The minimum Gasteiger partial charge on any atom is -0.357 e. The van der Waals surface area contributed by atoms with Crippen molar-refractivity contribution in [1.29, 1.82) is 0 Å². The third kappa shape index (κ3) is 2.27. The molecular formula is C12H12N4O2. The number of anilines is 1. The maximum Gasteiger partial charge on any atom is 0.272 e. The molecule has 1 aromatic heterocycles. The van der Waals surface area contributed by atoms with Crippen LogP contribution in [-0.2, 0) is 0 Å². The molecule has 1 aromatic carbocycles. The number of aryl methyl sites for hydroxylation is 1. The van der Waals surface area contributed by atoms with Crippen LogP contribution in [0.5, 0.6) is 0 Å². The zero-order valence-corrected chi connectivity index (χ0v) is 10.0. The number of aromatic nitrogens is 2. The molecule has 0 radical (unpaired) electrons. The Morgan fingerprint density at radius 2 is 2.11 bits per heavy atom. The van der Waals surface area contributed by atoms with Crippen molar-refractivity contribution in [3.8, 4) is 11.3 Å². The number of hydrogen-bond donors (Lipinski definition) is 1. The topological polar surface area (TPSA) is 81.0 Å². The average molecular weight is 244 g/mol. The lowest BCUT2D eigenvalue weighted by Crippen LogP contribution is -1.97. The lowest BCUT2D eigenvalue weighted by Gasteiger charge is -2.04. The summed E-state index contributed by atoms with van der Waals surface area (Å²) in [6.07, 6.45) is 1.61. The van der Waals surface area contributed by atoms with Crippen molar-refractivity contribution < 1.29 is 4.92 Å². The van der Waals surface area contributed by atoms with Crippen molar-refractivity contribution >= 4 is 11.6 Å². The van der Waals surface area contributed by atoms with Gasteiger partial charge >= 0.3 is 0 Å². The fraction of sp³-hybridized carbons (Fsp3) is 0.167. The third-order valence-electron chi connectivity index (χ3n) is 2.58. The molecule has 0 amide bonds.